The molecule has 2 aromatic carbocycles. The molecular formula is C22H25N5O3. The third kappa shape index (κ3) is 4.27. The monoisotopic (exact) mass is 407 g/mol. The van der Waals surface area contributed by atoms with Crippen molar-refractivity contribution < 1.29 is 14.3 Å². The van der Waals surface area contributed by atoms with Crippen molar-refractivity contribution in [3.05, 3.63) is 53.6 Å². The third-order valence-corrected chi connectivity index (χ3v) is 5.03. The summed E-state index contributed by atoms with van der Waals surface area (Å²) in [5.41, 5.74) is 2.93. The average Bonchev–Trinajstić information content (AvgIpc) is 3.20. The zero-order valence-electron chi connectivity index (χ0n) is 17.3. The van der Waals surface area contributed by atoms with Crippen LogP contribution >= 0.6 is 0 Å². The first kappa shape index (κ1) is 19.9. The Morgan fingerprint density at radius 2 is 1.90 bits per heavy atom. The van der Waals surface area contributed by atoms with Crippen LogP contribution in [0.4, 0.5) is 0 Å². The molecule has 2 heterocycles. The van der Waals surface area contributed by atoms with E-state index in [-0.39, 0.29) is 24.4 Å². The van der Waals surface area contributed by atoms with Crippen molar-refractivity contribution in [2.75, 3.05) is 13.2 Å². The zero-order valence-corrected chi connectivity index (χ0v) is 17.3. The van der Waals surface area contributed by atoms with Gasteiger partial charge in [-0.25, -0.2) is 0 Å². The molecule has 0 spiro atoms. The molecule has 1 unspecified atom stereocenters. The summed E-state index contributed by atoms with van der Waals surface area (Å²) in [4.78, 5) is 14.0. The minimum absolute atomic E-state index is 0.00729. The average molecular weight is 407 g/mol. The first-order valence-corrected chi connectivity index (χ1v) is 10.0. The van der Waals surface area contributed by atoms with Gasteiger partial charge < -0.3 is 14.8 Å². The predicted octanol–water partition coefficient (Wildman–Crippen LogP) is 2.93. The largest absolute Gasteiger partial charge is 0.486 e. The van der Waals surface area contributed by atoms with Crippen molar-refractivity contribution in [3.8, 4) is 22.9 Å². The normalized spacial score (nSPS) is 13.9. The van der Waals surface area contributed by atoms with Gasteiger partial charge in [0.2, 0.25) is 11.7 Å². The van der Waals surface area contributed by atoms with Crippen molar-refractivity contribution in [2.24, 2.45) is 5.92 Å². The maximum atomic E-state index is 12.7. The van der Waals surface area contributed by atoms with E-state index in [1.807, 2.05) is 49.4 Å². The second-order valence-corrected chi connectivity index (χ2v) is 7.65. The number of ether oxygens (including phenoxy) is 2. The fourth-order valence-electron chi connectivity index (χ4n) is 3.48. The van der Waals surface area contributed by atoms with Crippen molar-refractivity contribution >= 4 is 5.91 Å². The van der Waals surface area contributed by atoms with Gasteiger partial charge in [-0.15, -0.1) is 10.2 Å². The van der Waals surface area contributed by atoms with E-state index in [0.717, 1.165) is 22.4 Å². The van der Waals surface area contributed by atoms with Gasteiger partial charge in [-0.05, 0) is 41.3 Å². The molecule has 0 saturated carbocycles. The molecule has 3 aromatic rings. The number of benzene rings is 2. The summed E-state index contributed by atoms with van der Waals surface area (Å²) in [6.45, 7) is 7.18. The summed E-state index contributed by atoms with van der Waals surface area (Å²) in [5, 5.41) is 15.6. The number of carbonyl (C=O) groups excluding carboxylic acids is 1. The smallest absolute Gasteiger partial charge is 0.244 e. The quantitative estimate of drug-likeness (QED) is 0.676. The van der Waals surface area contributed by atoms with E-state index in [2.05, 4.69) is 34.6 Å². The highest BCUT2D eigenvalue weighted by atomic mass is 16.6. The van der Waals surface area contributed by atoms with Crippen LogP contribution in [0.3, 0.4) is 0 Å². The fraction of sp³-hybridized carbons (Fsp3) is 0.364. The predicted molar refractivity (Wildman–Crippen MR) is 111 cm³/mol. The minimum atomic E-state index is -0.183. The number of carbonyl (C=O) groups is 1. The number of fused-ring (bicyclic) bond motifs is 1. The summed E-state index contributed by atoms with van der Waals surface area (Å²) in [5.74, 6) is 1.95. The van der Waals surface area contributed by atoms with E-state index in [1.165, 1.54) is 4.80 Å². The zero-order chi connectivity index (χ0) is 21.1. The first-order valence-electron chi connectivity index (χ1n) is 10.0. The number of aryl methyl sites for hydroxylation is 1. The number of nitrogens with zero attached hydrogens (tertiary/aromatic N) is 4. The molecular weight excluding hydrogens is 382 g/mol. The lowest BCUT2D eigenvalue weighted by atomic mass is 9.95. The summed E-state index contributed by atoms with van der Waals surface area (Å²) in [7, 11) is 0. The van der Waals surface area contributed by atoms with Crippen LogP contribution in [-0.2, 0) is 11.3 Å². The minimum Gasteiger partial charge on any atom is -0.486 e. The van der Waals surface area contributed by atoms with Gasteiger partial charge in [-0.3, -0.25) is 4.79 Å². The van der Waals surface area contributed by atoms with Gasteiger partial charge in [0.15, 0.2) is 11.5 Å². The van der Waals surface area contributed by atoms with E-state index in [1.54, 1.807) is 0 Å². The second kappa shape index (κ2) is 8.52. The Kier molecular flexibility index (Phi) is 5.65. The van der Waals surface area contributed by atoms with Crippen molar-refractivity contribution in [1.82, 2.24) is 25.5 Å². The van der Waals surface area contributed by atoms with Crippen LogP contribution in [0.25, 0.3) is 11.4 Å². The fourth-order valence-corrected chi connectivity index (χ4v) is 3.48. The summed E-state index contributed by atoms with van der Waals surface area (Å²) in [6, 6.07) is 13.4. The molecule has 0 aliphatic carbocycles. The summed E-state index contributed by atoms with van der Waals surface area (Å²) in [6.07, 6.45) is 0. The van der Waals surface area contributed by atoms with Gasteiger partial charge in [-0.1, -0.05) is 44.2 Å². The van der Waals surface area contributed by atoms with Gasteiger partial charge >= 0.3 is 0 Å². The van der Waals surface area contributed by atoms with Crippen LogP contribution in [0.1, 0.15) is 31.0 Å². The lowest BCUT2D eigenvalue weighted by Crippen LogP contribution is -2.34. The number of nitrogens with one attached hydrogen (secondary N) is 1. The Balaban J connectivity index is 1.46. The van der Waals surface area contributed by atoms with Crippen molar-refractivity contribution in [1.29, 1.82) is 0 Å². The standard InChI is InChI=1S/C22H25N5O3/c1-14(2)21(16-8-9-18-19(12-16)30-11-10-29-18)23-20(28)13-27-25-22(24-26-27)17-7-5-4-6-15(17)3/h4-9,12,14,21H,10-11,13H2,1-3H3,(H,23,28). The maximum absolute atomic E-state index is 12.7. The summed E-state index contributed by atoms with van der Waals surface area (Å²) >= 11 is 0. The van der Waals surface area contributed by atoms with Crippen LogP contribution in [0, 0.1) is 12.8 Å². The van der Waals surface area contributed by atoms with E-state index in [9.17, 15) is 4.79 Å². The molecule has 1 aromatic heterocycles. The number of hydrogen-bond donors (Lipinski definition) is 1. The Labute approximate surface area is 175 Å². The molecule has 0 saturated heterocycles. The van der Waals surface area contributed by atoms with Gasteiger partial charge in [0.1, 0.15) is 19.8 Å². The summed E-state index contributed by atoms with van der Waals surface area (Å²) < 4.78 is 11.3. The molecule has 156 valence electrons. The maximum Gasteiger partial charge on any atom is 0.244 e. The Bertz CT molecular complexity index is 1050. The van der Waals surface area contributed by atoms with Gasteiger partial charge in [-0.2, -0.15) is 4.80 Å². The highest BCUT2D eigenvalue weighted by Crippen LogP contribution is 2.34. The number of rotatable bonds is 6. The van der Waals surface area contributed by atoms with Crippen LogP contribution in [0.2, 0.25) is 0 Å². The molecule has 1 aliphatic heterocycles. The van der Waals surface area contributed by atoms with E-state index < -0.39 is 0 Å². The van der Waals surface area contributed by atoms with Crippen molar-refractivity contribution in [3.63, 3.8) is 0 Å². The van der Waals surface area contributed by atoms with E-state index in [0.29, 0.717) is 24.8 Å². The van der Waals surface area contributed by atoms with Crippen molar-refractivity contribution in [2.45, 2.75) is 33.4 Å². The van der Waals surface area contributed by atoms with Crippen LogP contribution in [0.15, 0.2) is 42.5 Å². The molecule has 1 atom stereocenters. The lowest BCUT2D eigenvalue weighted by Gasteiger charge is -2.25. The van der Waals surface area contributed by atoms with Crippen LogP contribution in [-0.4, -0.2) is 39.3 Å². The Morgan fingerprint density at radius 3 is 2.67 bits per heavy atom. The number of aromatic nitrogens is 4. The first-order chi connectivity index (χ1) is 14.5. The molecule has 8 nitrogen and oxygen atoms in total. The third-order valence-electron chi connectivity index (χ3n) is 5.03. The number of hydrogen-bond acceptors (Lipinski definition) is 6. The SMILES string of the molecule is Cc1ccccc1-c1nnn(CC(=O)NC(c2ccc3c(c2)OCCO3)C(C)C)n1. The highest BCUT2D eigenvalue weighted by Gasteiger charge is 2.22. The molecule has 1 amide bonds. The lowest BCUT2D eigenvalue weighted by molar-refractivity contribution is -0.123. The second-order valence-electron chi connectivity index (χ2n) is 7.65. The molecule has 8 heteroatoms. The Morgan fingerprint density at radius 1 is 1.13 bits per heavy atom. The van der Waals surface area contributed by atoms with Crippen LogP contribution in [0.5, 0.6) is 11.5 Å². The molecule has 0 radical (unpaired) electrons. The van der Waals surface area contributed by atoms with E-state index >= 15 is 0 Å². The van der Waals surface area contributed by atoms with Crippen LogP contribution < -0.4 is 14.8 Å². The van der Waals surface area contributed by atoms with E-state index in [4.69, 9.17) is 9.47 Å². The topological polar surface area (TPSA) is 91.2 Å². The molecule has 0 bridgehead atoms. The van der Waals surface area contributed by atoms with Gasteiger partial charge in [0, 0.05) is 5.56 Å². The molecule has 1 N–H and O–H groups in total. The Hall–Kier alpha value is -3.42. The molecule has 4 rings (SSSR count). The van der Waals surface area contributed by atoms with Gasteiger partial charge in [0.05, 0.1) is 6.04 Å². The highest BCUT2D eigenvalue weighted by molar-refractivity contribution is 5.76. The molecule has 1 aliphatic rings. The molecule has 0 fully saturated rings. The van der Waals surface area contributed by atoms with Gasteiger partial charge in [0.25, 0.3) is 0 Å². The molecule has 30 heavy (non-hydrogen) atoms. The number of amides is 1. The number of tetrazole rings is 1.